The third kappa shape index (κ3) is 3.17. The van der Waals surface area contributed by atoms with Crippen molar-refractivity contribution in [3.8, 4) is 0 Å². The Kier molecular flexibility index (Phi) is 4.25. The standard InChI is InChI=1S/C17H16N2O3S/c1-3-12-4-6-13(7-5-12)16(21)22-9-14-8-15(20)19-11(2)10-23-17(19)18-14/h4-8,10H,3,9H2,1-2H3. The Bertz CT molecular complexity index is 910. The zero-order chi connectivity index (χ0) is 16.4. The lowest BCUT2D eigenvalue weighted by Gasteiger charge is -2.05. The second-order valence-electron chi connectivity index (χ2n) is 5.21. The van der Waals surface area contributed by atoms with Crippen LogP contribution in [0, 0.1) is 6.92 Å². The molecule has 2 aromatic heterocycles. The minimum Gasteiger partial charge on any atom is -0.456 e. The van der Waals surface area contributed by atoms with E-state index in [0.717, 1.165) is 17.7 Å². The van der Waals surface area contributed by atoms with Gasteiger partial charge in [0.25, 0.3) is 5.56 Å². The summed E-state index contributed by atoms with van der Waals surface area (Å²) in [6.45, 7) is 3.89. The molecule has 3 aromatic rings. The molecule has 0 atom stereocenters. The number of rotatable bonds is 4. The quantitative estimate of drug-likeness (QED) is 0.691. The normalized spacial score (nSPS) is 10.9. The van der Waals surface area contributed by atoms with E-state index >= 15 is 0 Å². The van der Waals surface area contributed by atoms with Crippen LogP contribution in [0.1, 0.15) is 34.2 Å². The first kappa shape index (κ1) is 15.4. The summed E-state index contributed by atoms with van der Waals surface area (Å²) in [5, 5.41) is 1.87. The molecule has 0 spiro atoms. The lowest BCUT2D eigenvalue weighted by Crippen LogP contribution is -2.16. The highest BCUT2D eigenvalue weighted by Crippen LogP contribution is 2.12. The van der Waals surface area contributed by atoms with E-state index in [1.807, 2.05) is 24.4 Å². The third-order valence-corrected chi connectivity index (χ3v) is 4.52. The van der Waals surface area contributed by atoms with Crippen molar-refractivity contribution in [2.24, 2.45) is 0 Å². The number of ether oxygens (including phenoxy) is 1. The summed E-state index contributed by atoms with van der Waals surface area (Å²) in [5.74, 6) is -0.419. The van der Waals surface area contributed by atoms with Crippen LogP contribution in [0.15, 0.2) is 40.5 Å². The lowest BCUT2D eigenvalue weighted by molar-refractivity contribution is 0.0468. The van der Waals surface area contributed by atoms with Crippen molar-refractivity contribution in [3.63, 3.8) is 0 Å². The van der Waals surface area contributed by atoms with Crippen molar-refractivity contribution in [3.05, 3.63) is 68.6 Å². The molecule has 2 heterocycles. The number of benzene rings is 1. The summed E-state index contributed by atoms with van der Waals surface area (Å²) in [4.78, 5) is 29.1. The molecule has 6 heteroatoms. The van der Waals surface area contributed by atoms with Gasteiger partial charge in [-0.25, -0.2) is 9.78 Å². The van der Waals surface area contributed by atoms with Crippen LogP contribution >= 0.6 is 11.3 Å². The highest BCUT2D eigenvalue weighted by Gasteiger charge is 2.10. The van der Waals surface area contributed by atoms with Crippen LogP contribution in [-0.4, -0.2) is 15.4 Å². The fourth-order valence-corrected chi connectivity index (χ4v) is 3.16. The Morgan fingerprint density at radius 1 is 1.30 bits per heavy atom. The van der Waals surface area contributed by atoms with E-state index in [9.17, 15) is 9.59 Å². The molecule has 0 aliphatic heterocycles. The maximum absolute atomic E-state index is 12.1. The molecule has 0 unspecified atom stereocenters. The Morgan fingerprint density at radius 3 is 2.74 bits per heavy atom. The minimum atomic E-state index is -0.419. The molecule has 0 saturated heterocycles. The number of carbonyl (C=O) groups is 1. The Hall–Kier alpha value is -2.47. The SMILES string of the molecule is CCc1ccc(C(=O)OCc2cc(=O)n3c(C)csc3n2)cc1. The van der Waals surface area contributed by atoms with Gasteiger partial charge in [0.2, 0.25) is 0 Å². The van der Waals surface area contributed by atoms with Gasteiger partial charge < -0.3 is 4.74 Å². The average molecular weight is 328 g/mol. The van der Waals surface area contributed by atoms with Gasteiger partial charge in [0.15, 0.2) is 4.96 Å². The van der Waals surface area contributed by atoms with Gasteiger partial charge in [-0.1, -0.05) is 19.1 Å². The van der Waals surface area contributed by atoms with Crippen LogP contribution in [0.5, 0.6) is 0 Å². The van der Waals surface area contributed by atoms with Crippen molar-refractivity contribution >= 4 is 22.3 Å². The van der Waals surface area contributed by atoms with E-state index in [2.05, 4.69) is 11.9 Å². The van der Waals surface area contributed by atoms with Crippen LogP contribution in [0.3, 0.4) is 0 Å². The first-order valence-electron chi connectivity index (χ1n) is 7.31. The Labute approximate surface area is 137 Å². The molecule has 0 aliphatic rings. The zero-order valence-corrected chi connectivity index (χ0v) is 13.7. The van der Waals surface area contributed by atoms with Crippen molar-refractivity contribution < 1.29 is 9.53 Å². The number of hydrogen-bond donors (Lipinski definition) is 0. The van der Waals surface area contributed by atoms with Crippen molar-refractivity contribution in [2.45, 2.75) is 26.9 Å². The summed E-state index contributed by atoms with van der Waals surface area (Å²) in [6, 6.07) is 8.70. The molecule has 0 amide bonds. The summed E-state index contributed by atoms with van der Waals surface area (Å²) in [7, 11) is 0. The predicted octanol–water partition coefficient (Wildman–Crippen LogP) is 2.98. The summed E-state index contributed by atoms with van der Waals surface area (Å²) in [5.41, 5.74) is 2.80. The molecule has 0 fully saturated rings. The van der Waals surface area contributed by atoms with Gasteiger partial charge >= 0.3 is 5.97 Å². The smallest absolute Gasteiger partial charge is 0.338 e. The van der Waals surface area contributed by atoms with Gasteiger partial charge in [-0.05, 0) is 31.0 Å². The summed E-state index contributed by atoms with van der Waals surface area (Å²) in [6.07, 6.45) is 0.920. The topological polar surface area (TPSA) is 60.7 Å². The molecule has 118 valence electrons. The number of carbonyl (C=O) groups excluding carboxylic acids is 1. The van der Waals surface area contributed by atoms with Crippen LogP contribution in [0.2, 0.25) is 0 Å². The van der Waals surface area contributed by atoms with Crippen LogP contribution in [-0.2, 0) is 17.8 Å². The van der Waals surface area contributed by atoms with Gasteiger partial charge in [0.1, 0.15) is 6.61 Å². The molecule has 0 N–H and O–H groups in total. The van der Waals surface area contributed by atoms with Gasteiger partial charge in [-0.2, -0.15) is 0 Å². The van der Waals surface area contributed by atoms with E-state index in [1.165, 1.54) is 17.4 Å². The molecule has 0 saturated carbocycles. The molecule has 3 rings (SSSR count). The van der Waals surface area contributed by atoms with Crippen molar-refractivity contribution in [1.82, 2.24) is 9.38 Å². The van der Waals surface area contributed by atoms with Crippen LogP contribution in [0.4, 0.5) is 0 Å². The average Bonchev–Trinajstić information content (AvgIpc) is 2.94. The maximum atomic E-state index is 12.1. The molecule has 0 aliphatic carbocycles. The summed E-state index contributed by atoms with van der Waals surface area (Å²) < 4.78 is 6.79. The molecular weight excluding hydrogens is 312 g/mol. The number of hydrogen-bond acceptors (Lipinski definition) is 5. The van der Waals surface area contributed by atoms with Crippen molar-refractivity contribution in [2.75, 3.05) is 0 Å². The number of esters is 1. The molecule has 1 aromatic carbocycles. The fraction of sp³-hybridized carbons (Fsp3) is 0.235. The molecule has 5 nitrogen and oxygen atoms in total. The second-order valence-corrected chi connectivity index (χ2v) is 6.04. The number of nitrogens with zero attached hydrogens (tertiary/aromatic N) is 2. The maximum Gasteiger partial charge on any atom is 0.338 e. The lowest BCUT2D eigenvalue weighted by atomic mass is 10.1. The Balaban J connectivity index is 1.74. The molecular formula is C17H16N2O3S. The number of fused-ring (bicyclic) bond motifs is 1. The van der Waals surface area contributed by atoms with Crippen LogP contribution < -0.4 is 5.56 Å². The van der Waals surface area contributed by atoms with Gasteiger partial charge in [0.05, 0.1) is 11.3 Å². The highest BCUT2D eigenvalue weighted by molar-refractivity contribution is 7.15. The number of aryl methyl sites for hydroxylation is 2. The summed E-state index contributed by atoms with van der Waals surface area (Å²) >= 11 is 1.39. The molecule has 23 heavy (non-hydrogen) atoms. The first-order chi connectivity index (χ1) is 11.1. The fourth-order valence-electron chi connectivity index (χ4n) is 2.27. The zero-order valence-electron chi connectivity index (χ0n) is 12.9. The van der Waals surface area contributed by atoms with Crippen LogP contribution in [0.25, 0.3) is 4.96 Å². The Morgan fingerprint density at radius 2 is 2.04 bits per heavy atom. The van der Waals surface area contributed by atoms with E-state index in [0.29, 0.717) is 16.2 Å². The second kappa shape index (κ2) is 6.34. The van der Waals surface area contributed by atoms with Crippen molar-refractivity contribution in [1.29, 1.82) is 0 Å². The predicted molar refractivity (Wildman–Crippen MR) is 89.0 cm³/mol. The monoisotopic (exact) mass is 328 g/mol. The van der Waals surface area contributed by atoms with E-state index in [4.69, 9.17) is 4.74 Å². The van der Waals surface area contributed by atoms with Gasteiger partial charge in [-0.15, -0.1) is 11.3 Å². The van der Waals surface area contributed by atoms with E-state index in [-0.39, 0.29) is 12.2 Å². The van der Waals surface area contributed by atoms with E-state index < -0.39 is 5.97 Å². The molecule has 0 radical (unpaired) electrons. The van der Waals surface area contributed by atoms with Gasteiger partial charge in [-0.3, -0.25) is 9.20 Å². The largest absolute Gasteiger partial charge is 0.456 e. The third-order valence-electron chi connectivity index (χ3n) is 3.58. The number of thiazole rings is 1. The van der Waals surface area contributed by atoms with Gasteiger partial charge in [0, 0.05) is 17.1 Å². The highest BCUT2D eigenvalue weighted by atomic mass is 32.1. The molecule has 0 bridgehead atoms. The first-order valence-corrected chi connectivity index (χ1v) is 8.19. The minimum absolute atomic E-state index is 0.0168. The number of aromatic nitrogens is 2. The van der Waals surface area contributed by atoms with E-state index in [1.54, 1.807) is 16.5 Å².